The van der Waals surface area contributed by atoms with E-state index in [9.17, 15) is 4.79 Å². The molecule has 0 aromatic carbocycles. The summed E-state index contributed by atoms with van der Waals surface area (Å²) in [5.74, 6) is -0.142. The van der Waals surface area contributed by atoms with Crippen molar-refractivity contribution in [2.45, 2.75) is 12.5 Å². The van der Waals surface area contributed by atoms with E-state index in [0.29, 0.717) is 5.75 Å². The van der Waals surface area contributed by atoms with Gasteiger partial charge in [0.2, 0.25) is 0 Å². The largest absolute Gasteiger partial charge is 0.468 e. The van der Waals surface area contributed by atoms with Gasteiger partial charge in [0.05, 0.1) is 7.11 Å². The molecule has 3 nitrogen and oxygen atoms in total. The van der Waals surface area contributed by atoms with Crippen molar-refractivity contribution < 1.29 is 9.53 Å². The summed E-state index contributed by atoms with van der Waals surface area (Å²) in [5, 5.41) is 0. The van der Waals surface area contributed by atoms with Gasteiger partial charge in [-0.25, -0.2) is 0 Å². The van der Waals surface area contributed by atoms with Crippen LogP contribution in [0.4, 0.5) is 0 Å². The van der Waals surface area contributed by atoms with Gasteiger partial charge in [0.25, 0.3) is 0 Å². The summed E-state index contributed by atoms with van der Waals surface area (Å²) in [7, 11) is 1.30. The first-order valence-corrected chi connectivity index (χ1v) is 3.16. The molecule has 0 aromatic heterocycles. The third kappa shape index (κ3) is 2.24. The molecule has 0 aliphatic rings. The summed E-state index contributed by atoms with van der Waals surface area (Å²) in [4.78, 5) is 10.7. The van der Waals surface area contributed by atoms with Crippen LogP contribution in [0, 0.1) is 0 Å². The molecule has 54 valence electrons. The first-order chi connectivity index (χ1) is 4.04. The highest BCUT2D eigenvalue weighted by atomic mass is 32.1. The van der Waals surface area contributed by atoms with Crippen molar-refractivity contribution in [3.8, 4) is 0 Å². The molecule has 9 heavy (non-hydrogen) atoms. The topological polar surface area (TPSA) is 52.3 Å². The third-order valence-corrected chi connectivity index (χ3v) is 1.64. The van der Waals surface area contributed by atoms with E-state index in [1.807, 2.05) is 0 Å². The van der Waals surface area contributed by atoms with Crippen LogP contribution < -0.4 is 5.73 Å². The molecule has 0 heterocycles. The molecule has 0 saturated heterocycles. The first-order valence-electron chi connectivity index (χ1n) is 2.52. The van der Waals surface area contributed by atoms with Gasteiger partial charge in [-0.3, -0.25) is 4.79 Å². The maximum absolute atomic E-state index is 10.7. The Hall–Kier alpha value is -0.220. The predicted molar refractivity (Wildman–Crippen MR) is 38.5 cm³/mol. The summed E-state index contributed by atoms with van der Waals surface area (Å²) < 4.78 is 4.39. The maximum Gasteiger partial charge on any atom is 0.326 e. The summed E-state index contributed by atoms with van der Waals surface area (Å²) in [5.41, 5.74) is 4.47. The smallest absolute Gasteiger partial charge is 0.326 e. The average molecular weight is 149 g/mol. The molecule has 0 fully saturated rings. The lowest BCUT2D eigenvalue weighted by molar-refractivity contribution is -0.145. The van der Waals surface area contributed by atoms with Crippen molar-refractivity contribution in [3.05, 3.63) is 0 Å². The van der Waals surface area contributed by atoms with E-state index < -0.39 is 11.5 Å². The van der Waals surface area contributed by atoms with Crippen molar-refractivity contribution in [2.75, 3.05) is 12.9 Å². The molecule has 4 heteroatoms. The molecule has 2 N–H and O–H groups in total. The molecule has 0 aliphatic heterocycles. The molecule has 0 bridgehead atoms. The fourth-order valence-electron chi connectivity index (χ4n) is 0.298. The minimum Gasteiger partial charge on any atom is -0.468 e. The normalized spacial score (nSPS) is 16.4. The van der Waals surface area contributed by atoms with Crippen LogP contribution in [0.25, 0.3) is 0 Å². The SMILES string of the molecule is COC(=O)C(C)(N)CS. The Labute approximate surface area is 60.0 Å². The first kappa shape index (κ1) is 8.78. The standard InChI is InChI=1S/C5H11NO2S/c1-5(6,3-9)4(7)8-2/h9H,3,6H2,1-2H3. The lowest BCUT2D eigenvalue weighted by Gasteiger charge is -2.17. The molecule has 0 amide bonds. The number of methoxy groups -OCH3 is 1. The highest BCUT2D eigenvalue weighted by Gasteiger charge is 2.26. The van der Waals surface area contributed by atoms with E-state index in [1.54, 1.807) is 6.92 Å². The van der Waals surface area contributed by atoms with E-state index in [-0.39, 0.29) is 0 Å². The van der Waals surface area contributed by atoms with Crippen molar-refractivity contribution in [2.24, 2.45) is 5.73 Å². The second-order valence-electron chi connectivity index (χ2n) is 2.07. The number of nitrogens with two attached hydrogens (primary N) is 1. The monoisotopic (exact) mass is 149 g/mol. The molecule has 1 unspecified atom stereocenters. The van der Waals surface area contributed by atoms with Crippen LogP contribution in [-0.4, -0.2) is 24.4 Å². The lowest BCUT2D eigenvalue weighted by Crippen LogP contribution is -2.47. The zero-order valence-electron chi connectivity index (χ0n) is 5.55. The van der Waals surface area contributed by atoms with Crippen LogP contribution in [0.1, 0.15) is 6.92 Å². The fourth-order valence-corrected chi connectivity index (χ4v) is 0.427. The summed E-state index contributed by atoms with van der Waals surface area (Å²) in [6.45, 7) is 1.58. The van der Waals surface area contributed by atoms with Crippen LogP contribution in [-0.2, 0) is 9.53 Å². The third-order valence-electron chi connectivity index (χ3n) is 0.980. The highest BCUT2D eigenvalue weighted by molar-refractivity contribution is 7.80. The number of esters is 1. The number of hydrogen-bond acceptors (Lipinski definition) is 4. The van der Waals surface area contributed by atoms with Crippen molar-refractivity contribution in [1.29, 1.82) is 0 Å². The molecule has 0 aromatic rings. The van der Waals surface area contributed by atoms with E-state index in [1.165, 1.54) is 7.11 Å². The molecule has 0 radical (unpaired) electrons. The van der Waals surface area contributed by atoms with Gasteiger partial charge in [-0.1, -0.05) is 0 Å². The minimum atomic E-state index is -0.947. The predicted octanol–water partition coefficient (Wildman–Crippen LogP) is -0.193. The Kier molecular flexibility index (Phi) is 3.00. The van der Waals surface area contributed by atoms with Crippen LogP contribution in [0.2, 0.25) is 0 Å². The molecule has 0 spiro atoms. The Morgan fingerprint density at radius 2 is 2.33 bits per heavy atom. The van der Waals surface area contributed by atoms with Crippen molar-refractivity contribution in [1.82, 2.24) is 0 Å². The molecule has 0 saturated carbocycles. The van der Waals surface area contributed by atoms with Gasteiger partial charge in [-0.2, -0.15) is 12.6 Å². The highest BCUT2D eigenvalue weighted by Crippen LogP contribution is 2.02. The minimum absolute atomic E-state index is 0.291. The van der Waals surface area contributed by atoms with Gasteiger partial charge < -0.3 is 10.5 Å². The Bertz CT molecular complexity index is 114. The van der Waals surface area contributed by atoms with E-state index in [2.05, 4.69) is 17.4 Å². The van der Waals surface area contributed by atoms with Gasteiger partial charge in [0, 0.05) is 5.75 Å². The van der Waals surface area contributed by atoms with Gasteiger partial charge in [0.15, 0.2) is 0 Å². The number of rotatable bonds is 2. The Balaban J connectivity index is 3.97. The molecule has 0 rings (SSSR count). The van der Waals surface area contributed by atoms with Gasteiger partial charge >= 0.3 is 5.97 Å². The number of hydrogen-bond donors (Lipinski definition) is 2. The molecule has 1 atom stereocenters. The van der Waals surface area contributed by atoms with Crippen LogP contribution >= 0.6 is 12.6 Å². The maximum atomic E-state index is 10.7. The summed E-state index contributed by atoms with van der Waals surface area (Å²) in [6, 6.07) is 0. The van der Waals surface area contributed by atoms with Gasteiger partial charge in [-0.05, 0) is 6.92 Å². The quantitative estimate of drug-likeness (QED) is 0.422. The summed E-state index contributed by atoms with van der Waals surface area (Å²) >= 11 is 3.87. The van der Waals surface area contributed by atoms with E-state index in [4.69, 9.17) is 5.73 Å². The fraction of sp³-hybridized carbons (Fsp3) is 0.800. The number of carbonyl (C=O) groups excluding carboxylic acids is 1. The number of thiol groups is 1. The van der Waals surface area contributed by atoms with E-state index >= 15 is 0 Å². The molecular weight excluding hydrogens is 138 g/mol. The van der Waals surface area contributed by atoms with Crippen molar-refractivity contribution in [3.63, 3.8) is 0 Å². The van der Waals surface area contributed by atoms with Crippen LogP contribution in [0.3, 0.4) is 0 Å². The second-order valence-corrected chi connectivity index (χ2v) is 2.38. The lowest BCUT2D eigenvalue weighted by atomic mass is 10.1. The Morgan fingerprint density at radius 1 is 1.89 bits per heavy atom. The zero-order chi connectivity index (χ0) is 7.49. The molecular formula is C5H11NO2S. The zero-order valence-corrected chi connectivity index (χ0v) is 6.44. The number of ether oxygens (including phenoxy) is 1. The second kappa shape index (κ2) is 3.08. The number of carbonyl (C=O) groups is 1. The van der Waals surface area contributed by atoms with Crippen molar-refractivity contribution >= 4 is 18.6 Å². The summed E-state index contributed by atoms with van der Waals surface area (Å²) in [6.07, 6.45) is 0. The molecule has 0 aliphatic carbocycles. The Morgan fingerprint density at radius 3 is 2.44 bits per heavy atom. The average Bonchev–Trinajstić information content (AvgIpc) is 1.86. The van der Waals surface area contributed by atoms with Gasteiger partial charge in [-0.15, -0.1) is 0 Å². The van der Waals surface area contributed by atoms with E-state index in [0.717, 1.165) is 0 Å². The van der Waals surface area contributed by atoms with Crippen LogP contribution in [0.5, 0.6) is 0 Å². The van der Waals surface area contributed by atoms with Crippen LogP contribution in [0.15, 0.2) is 0 Å². The van der Waals surface area contributed by atoms with Gasteiger partial charge in [0.1, 0.15) is 5.54 Å².